The number of hydrogen-bond acceptors (Lipinski definition) is 4. The van der Waals surface area contributed by atoms with Gasteiger partial charge >= 0.3 is 0 Å². The molecule has 0 spiro atoms. The highest BCUT2D eigenvalue weighted by Crippen LogP contribution is 2.10. The Bertz CT molecular complexity index is 600. The summed E-state index contributed by atoms with van der Waals surface area (Å²) in [6.45, 7) is 11.5. The molecule has 1 aromatic rings. The Hall–Kier alpha value is -1.63. The molecule has 158 valence electrons. The molecule has 0 bridgehead atoms. The van der Waals surface area contributed by atoms with E-state index in [2.05, 4.69) is 29.4 Å². The fourth-order valence-corrected chi connectivity index (χ4v) is 3.37. The predicted octanol–water partition coefficient (Wildman–Crippen LogP) is 2.40. The minimum atomic E-state index is -0.109. The van der Waals surface area contributed by atoms with Crippen LogP contribution in [0.1, 0.15) is 53.8 Å². The highest BCUT2D eigenvalue weighted by molar-refractivity contribution is 5.99. The van der Waals surface area contributed by atoms with Crippen molar-refractivity contribution in [3.63, 3.8) is 0 Å². The van der Waals surface area contributed by atoms with Crippen LogP contribution in [0.3, 0.4) is 0 Å². The van der Waals surface area contributed by atoms with Crippen molar-refractivity contribution in [3.05, 3.63) is 35.4 Å². The van der Waals surface area contributed by atoms with Gasteiger partial charge in [0.2, 0.25) is 0 Å². The number of rotatable bonds is 10. The number of amides is 2. The maximum atomic E-state index is 12.7. The fourth-order valence-electron chi connectivity index (χ4n) is 3.37. The first-order valence-electron chi connectivity index (χ1n) is 10.3. The van der Waals surface area contributed by atoms with E-state index >= 15 is 0 Å². The van der Waals surface area contributed by atoms with E-state index in [-0.39, 0.29) is 24.2 Å². The summed E-state index contributed by atoms with van der Waals surface area (Å²) in [6.07, 6.45) is 2.79. The lowest BCUT2D eigenvalue weighted by molar-refractivity contribution is 0.0755. The molecule has 0 saturated carbocycles. The number of hydrogen-bond donors (Lipinski definition) is 2. The molecule has 7 heteroatoms. The van der Waals surface area contributed by atoms with Crippen LogP contribution in [0.15, 0.2) is 24.3 Å². The lowest BCUT2D eigenvalue weighted by Gasteiger charge is -2.27. The second kappa shape index (κ2) is 13.5. The first kappa shape index (κ1) is 24.4. The van der Waals surface area contributed by atoms with E-state index in [0.717, 1.165) is 65.1 Å². The molecule has 0 unspecified atom stereocenters. The van der Waals surface area contributed by atoms with Crippen LogP contribution in [0.25, 0.3) is 0 Å². The molecular weight excluding hydrogens is 376 g/mol. The normalized spacial score (nSPS) is 14.2. The number of carbonyl (C=O) groups excluding carboxylic acids is 2. The molecule has 2 amide bonds. The Morgan fingerprint density at radius 3 is 2.39 bits per heavy atom. The molecule has 2 N–H and O–H groups in total. The van der Waals surface area contributed by atoms with Crippen molar-refractivity contribution in [1.82, 2.24) is 20.4 Å². The van der Waals surface area contributed by atoms with Crippen LogP contribution < -0.4 is 10.6 Å². The standard InChI is InChI=1S/C21H34N4O2.ClH/c1-3-12-25(13-4-2)21(27)19-8-5-7-18(17-19)20(26)23-9-6-14-24-15-10-22-11-16-24;/h5,7-8,17,22H,3-4,6,9-16H2,1-2H3,(H,23,26);1H. The molecule has 1 aromatic carbocycles. The molecule has 2 rings (SSSR count). The summed E-state index contributed by atoms with van der Waals surface area (Å²) in [5.74, 6) is -0.102. The van der Waals surface area contributed by atoms with E-state index in [4.69, 9.17) is 0 Å². The third-order valence-electron chi connectivity index (χ3n) is 4.79. The van der Waals surface area contributed by atoms with E-state index < -0.39 is 0 Å². The van der Waals surface area contributed by atoms with Crippen molar-refractivity contribution in [2.24, 2.45) is 0 Å². The maximum Gasteiger partial charge on any atom is 0.253 e. The van der Waals surface area contributed by atoms with Crippen molar-refractivity contribution in [2.75, 3.05) is 52.4 Å². The lowest BCUT2D eigenvalue weighted by atomic mass is 10.1. The highest BCUT2D eigenvalue weighted by atomic mass is 35.5. The van der Waals surface area contributed by atoms with Gasteiger partial charge in [0.25, 0.3) is 11.8 Å². The summed E-state index contributed by atoms with van der Waals surface area (Å²) in [7, 11) is 0. The van der Waals surface area contributed by atoms with Crippen LogP contribution >= 0.6 is 12.4 Å². The van der Waals surface area contributed by atoms with E-state index in [1.165, 1.54) is 0 Å². The maximum absolute atomic E-state index is 12.7. The Balaban J connectivity index is 0.00000392. The molecule has 0 aromatic heterocycles. The van der Waals surface area contributed by atoms with Crippen LogP contribution in [0.2, 0.25) is 0 Å². The van der Waals surface area contributed by atoms with Gasteiger partial charge in [-0.05, 0) is 44.0 Å². The first-order chi connectivity index (χ1) is 13.2. The van der Waals surface area contributed by atoms with Gasteiger partial charge in [0.1, 0.15) is 0 Å². The van der Waals surface area contributed by atoms with Gasteiger partial charge in [-0.25, -0.2) is 0 Å². The van der Waals surface area contributed by atoms with Crippen LogP contribution in [-0.2, 0) is 0 Å². The third kappa shape index (κ3) is 7.78. The van der Waals surface area contributed by atoms with Crippen LogP contribution in [0.4, 0.5) is 0 Å². The van der Waals surface area contributed by atoms with E-state index in [9.17, 15) is 9.59 Å². The van der Waals surface area contributed by atoms with Gasteiger partial charge in [-0.2, -0.15) is 0 Å². The second-order valence-electron chi connectivity index (χ2n) is 7.07. The number of halogens is 1. The van der Waals surface area contributed by atoms with E-state index in [1.807, 2.05) is 4.90 Å². The smallest absolute Gasteiger partial charge is 0.253 e. The third-order valence-corrected chi connectivity index (χ3v) is 4.79. The Labute approximate surface area is 175 Å². The zero-order valence-corrected chi connectivity index (χ0v) is 18.0. The van der Waals surface area contributed by atoms with Crippen LogP contribution in [0.5, 0.6) is 0 Å². The largest absolute Gasteiger partial charge is 0.352 e. The average molecular weight is 411 g/mol. The van der Waals surface area contributed by atoms with Crippen LogP contribution in [-0.4, -0.2) is 74.0 Å². The van der Waals surface area contributed by atoms with Crippen LogP contribution in [0, 0.1) is 0 Å². The first-order valence-corrected chi connectivity index (χ1v) is 10.3. The van der Waals surface area contributed by atoms with Crippen molar-refractivity contribution in [2.45, 2.75) is 33.1 Å². The SMILES string of the molecule is CCCN(CCC)C(=O)c1cccc(C(=O)NCCCN2CCNCC2)c1.Cl. The van der Waals surface area contributed by atoms with Gasteiger partial charge in [0, 0.05) is 56.9 Å². The minimum Gasteiger partial charge on any atom is -0.352 e. The summed E-state index contributed by atoms with van der Waals surface area (Å²) in [5.41, 5.74) is 1.14. The van der Waals surface area contributed by atoms with Gasteiger partial charge in [0.05, 0.1) is 0 Å². The second-order valence-corrected chi connectivity index (χ2v) is 7.07. The molecule has 0 aliphatic carbocycles. The summed E-state index contributed by atoms with van der Waals surface area (Å²) < 4.78 is 0. The zero-order chi connectivity index (χ0) is 19.5. The molecule has 1 aliphatic rings. The summed E-state index contributed by atoms with van der Waals surface area (Å²) in [5, 5.41) is 6.32. The number of nitrogens with zero attached hydrogens (tertiary/aromatic N) is 2. The van der Waals surface area contributed by atoms with Crippen molar-refractivity contribution < 1.29 is 9.59 Å². The van der Waals surface area contributed by atoms with Gasteiger partial charge in [-0.3, -0.25) is 9.59 Å². The molecule has 0 atom stereocenters. The molecule has 1 fully saturated rings. The van der Waals surface area contributed by atoms with Crippen molar-refractivity contribution >= 4 is 24.2 Å². The monoisotopic (exact) mass is 410 g/mol. The summed E-state index contributed by atoms with van der Waals surface area (Å²) in [4.78, 5) is 29.4. The number of benzene rings is 1. The lowest BCUT2D eigenvalue weighted by Crippen LogP contribution is -2.44. The Morgan fingerprint density at radius 2 is 1.75 bits per heavy atom. The Kier molecular flexibility index (Phi) is 11.8. The number of piperazine rings is 1. The van der Waals surface area contributed by atoms with E-state index in [1.54, 1.807) is 24.3 Å². The number of nitrogens with one attached hydrogen (secondary N) is 2. The molecule has 28 heavy (non-hydrogen) atoms. The quantitative estimate of drug-likeness (QED) is 0.581. The molecule has 1 saturated heterocycles. The molecule has 1 aliphatic heterocycles. The van der Waals surface area contributed by atoms with Crippen molar-refractivity contribution in [3.8, 4) is 0 Å². The molecule has 0 radical (unpaired) electrons. The summed E-state index contributed by atoms with van der Waals surface area (Å²) >= 11 is 0. The summed E-state index contributed by atoms with van der Waals surface area (Å²) in [6, 6.07) is 7.07. The topological polar surface area (TPSA) is 64.7 Å². The van der Waals surface area contributed by atoms with Gasteiger partial charge in [0.15, 0.2) is 0 Å². The molecular formula is C21H35ClN4O2. The molecule has 6 nitrogen and oxygen atoms in total. The van der Waals surface area contributed by atoms with Gasteiger partial charge in [-0.15, -0.1) is 12.4 Å². The minimum absolute atomic E-state index is 0. The van der Waals surface area contributed by atoms with E-state index in [0.29, 0.717) is 17.7 Å². The average Bonchev–Trinajstić information content (AvgIpc) is 2.71. The highest BCUT2D eigenvalue weighted by Gasteiger charge is 2.16. The fraction of sp³-hybridized carbons (Fsp3) is 0.619. The van der Waals surface area contributed by atoms with Crippen molar-refractivity contribution in [1.29, 1.82) is 0 Å². The number of carbonyl (C=O) groups is 2. The predicted molar refractivity (Wildman–Crippen MR) is 116 cm³/mol. The van der Waals surface area contributed by atoms with Gasteiger partial charge in [-0.1, -0.05) is 19.9 Å². The van der Waals surface area contributed by atoms with Gasteiger partial charge < -0.3 is 20.4 Å². The molecule has 1 heterocycles. The zero-order valence-electron chi connectivity index (χ0n) is 17.2. The Morgan fingerprint density at radius 1 is 1.11 bits per heavy atom.